The molecule has 0 saturated heterocycles. The molecule has 1 N–H and O–H groups in total. The normalized spacial score (nSPS) is 11.6. The fraction of sp³-hybridized carbons (Fsp3) is 0.130. The van der Waals surface area contributed by atoms with Crippen molar-refractivity contribution in [1.82, 2.24) is 20.2 Å². The van der Waals surface area contributed by atoms with E-state index in [-0.39, 0.29) is 11.7 Å². The number of nitrogens with one attached hydrogen (secondary N) is 1. The number of carbonyl (C=O) groups excluding carboxylic acids is 1. The second-order valence-corrected chi connectivity index (χ2v) is 8.33. The Hall–Kier alpha value is -3.16. The van der Waals surface area contributed by atoms with Crippen LogP contribution in [0.3, 0.4) is 0 Å². The summed E-state index contributed by atoms with van der Waals surface area (Å²) in [7, 11) is 1.87. The van der Waals surface area contributed by atoms with Crippen molar-refractivity contribution in [2.75, 3.05) is 5.75 Å². The number of nitrogens with zero attached hydrogens (tertiary/aromatic N) is 4. The molecule has 0 aliphatic carbocycles. The van der Waals surface area contributed by atoms with E-state index < -0.39 is 0 Å². The Morgan fingerprint density at radius 1 is 1.06 bits per heavy atom. The lowest BCUT2D eigenvalue weighted by atomic mass is 10.0. The topological polar surface area (TPSA) is 72.2 Å². The fourth-order valence-electron chi connectivity index (χ4n) is 3.08. The highest BCUT2D eigenvalue weighted by atomic mass is 35.5. The molecule has 156 valence electrons. The van der Waals surface area contributed by atoms with Gasteiger partial charge < -0.3 is 4.57 Å². The Morgan fingerprint density at radius 2 is 1.81 bits per heavy atom. The first-order chi connectivity index (χ1) is 15.0. The minimum atomic E-state index is -0.207. The molecule has 0 unspecified atom stereocenters. The largest absolute Gasteiger partial charge is 0.305 e. The van der Waals surface area contributed by atoms with Gasteiger partial charge in [-0.05, 0) is 53.6 Å². The lowest BCUT2D eigenvalue weighted by Crippen LogP contribution is -2.21. The van der Waals surface area contributed by atoms with Crippen molar-refractivity contribution in [3.05, 3.63) is 77.3 Å². The summed E-state index contributed by atoms with van der Waals surface area (Å²) in [5.74, 6) is 0.687. The van der Waals surface area contributed by atoms with Crippen molar-refractivity contribution in [3.63, 3.8) is 0 Å². The first-order valence-electron chi connectivity index (χ1n) is 9.62. The summed E-state index contributed by atoms with van der Waals surface area (Å²) < 4.78 is 1.85. The maximum atomic E-state index is 12.3. The van der Waals surface area contributed by atoms with Gasteiger partial charge in [-0.25, -0.2) is 5.43 Å². The van der Waals surface area contributed by atoms with Gasteiger partial charge in [0, 0.05) is 17.6 Å². The van der Waals surface area contributed by atoms with E-state index in [0.717, 1.165) is 22.2 Å². The number of rotatable bonds is 6. The lowest BCUT2D eigenvalue weighted by Gasteiger charge is -2.05. The maximum absolute atomic E-state index is 12.3. The van der Waals surface area contributed by atoms with E-state index in [1.54, 1.807) is 0 Å². The summed E-state index contributed by atoms with van der Waals surface area (Å²) in [5.41, 5.74) is 5.24. The van der Waals surface area contributed by atoms with Crippen LogP contribution in [0.1, 0.15) is 12.5 Å². The molecular weight excluding hydrogens is 430 g/mol. The van der Waals surface area contributed by atoms with Crippen LogP contribution in [-0.2, 0) is 11.8 Å². The van der Waals surface area contributed by atoms with Gasteiger partial charge in [0.2, 0.25) is 0 Å². The molecule has 6 nitrogen and oxygen atoms in total. The zero-order valence-electron chi connectivity index (χ0n) is 17.0. The number of hydrazone groups is 1. The molecule has 4 aromatic rings. The van der Waals surface area contributed by atoms with Crippen LogP contribution >= 0.6 is 23.4 Å². The maximum Gasteiger partial charge on any atom is 0.250 e. The molecule has 1 heterocycles. The van der Waals surface area contributed by atoms with E-state index in [9.17, 15) is 4.79 Å². The van der Waals surface area contributed by atoms with Crippen molar-refractivity contribution < 1.29 is 4.79 Å². The molecule has 0 bridgehead atoms. The number of aromatic nitrogens is 3. The fourth-order valence-corrected chi connectivity index (χ4v) is 3.91. The molecule has 0 saturated carbocycles. The van der Waals surface area contributed by atoms with Crippen LogP contribution in [0.4, 0.5) is 0 Å². The molecule has 1 aromatic heterocycles. The molecule has 3 aromatic carbocycles. The van der Waals surface area contributed by atoms with Crippen LogP contribution in [0.5, 0.6) is 0 Å². The average molecular weight is 450 g/mol. The van der Waals surface area contributed by atoms with Gasteiger partial charge in [-0.1, -0.05) is 59.8 Å². The van der Waals surface area contributed by atoms with Crippen molar-refractivity contribution in [1.29, 1.82) is 0 Å². The van der Waals surface area contributed by atoms with Crippen molar-refractivity contribution >= 4 is 45.8 Å². The van der Waals surface area contributed by atoms with Gasteiger partial charge in [0.05, 0.1) is 11.5 Å². The average Bonchev–Trinajstić information content (AvgIpc) is 3.16. The number of hydrogen-bond donors (Lipinski definition) is 1. The highest BCUT2D eigenvalue weighted by Crippen LogP contribution is 2.23. The number of hydrogen-bond acceptors (Lipinski definition) is 5. The SMILES string of the molecule is CC(=NNC(=O)CSc1nnc(-c2ccc(Cl)cc2)n1C)c1ccc2ccccc2c1. The Balaban J connectivity index is 1.37. The number of fused-ring (bicyclic) bond motifs is 1. The highest BCUT2D eigenvalue weighted by Gasteiger charge is 2.13. The predicted molar refractivity (Wildman–Crippen MR) is 126 cm³/mol. The number of benzene rings is 3. The van der Waals surface area contributed by atoms with Crippen LogP contribution in [0.25, 0.3) is 22.2 Å². The Bertz CT molecular complexity index is 1270. The minimum absolute atomic E-state index is 0.182. The van der Waals surface area contributed by atoms with E-state index in [1.807, 2.05) is 67.1 Å². The monoisotopic (exact) mass is 449 g/mol. The summed E-state index contributed by atoms with van der Waals surface area (Å²) in [4.78, 5) is 12.3. The van der Waals surface area contributed by atoms with E-state index in [4.69, 9.17) is 11.6 Å². The summed E-state index contributed by atoms with van der Waals surface area (Å²) in [6.07, 6.45) is 0. The van der Waals surface area contributed by atoms with Gasteiger partial charge in [-0.3, -0.25) is 4.79 Å². The first-order valence-corrected chi connectivity index (χ1v) is 11.0. The van der Waals surface area contributed by atoms with Crippen LogP contribution in [0.2, 0.25) is 5.02 Å². The minimum Gasteiger partial charge on any atom is -0.305 e. The summed E-state index contributed by atoms with van der Waals surface area (Å²) in [5, 5.41) is 16.3. The molecule has 0 aliphatic rings. The lowest BCUT2D eigenvalue weighted by molar-refractivity contribution is -0.118. The summed E-state index contributed by atoms with van der Waals surface area (Å²) in [6.45, 7) is 1.87. The molecule has 0 radical (unpaired) electrons. The number of amides is 1. The standard InChI is InChI=1S/C23H20ClN5OS/c1-15(18-8-7-16-5-3-4-6-19(16)13-18)25-26-21(30)14-31-23-28-27-22(29(23)2)17-9-11-20(24)12-10-17/h3-13H,14H2,1-2H3,(H,26,30). The molecule has 0 aliphatic heterocycles. The predicted octanol–water partition coefficient (Wildman–Crippen LogP) is 4.92. The summed E-state index contributed by atoms with van der Waals surface area (Å²) in [6, 6.07) is 21.6. The molecular formula is C23H20ClN5OS. The smallest absolute Gasteiger partial charge is 0.250 e. The van der Waals surface area contributed by atoms with E-state index in [1.165, 1.54) is 17.1 Å². The molecule has 0 fully saturated rings. The first kappa shape index (κ1) is 21.1. The third-order valence-electron chi connectivity index (χ3n) is 4.79. The molecule has 4 rings (SSSR count). The Morgan fingerprint density at radius 3 is 2.58 bits per heavy atom. The van der Waals surface area contributed by atoms with Gasteiger partial charge in [-0.15, -0.1) is 10.2 Å². The van der Waals surface area contributed by atoms with Crippen molar-refractivity contribution in [2.45, 2.75) is 12.1 Å². The van der Waals surface area contributed by atoms with Gasteiger partial charge in [0.1, 0.15) is 0 Å². The molecule has 1 amide bonds. The van der Waals surface area contributed by atoms with Crippen LogP contribution in [0.15, 0.2) is 77.0 Å². The zero-order chi connectivity index (χ0) is 21.8. The Kier molecular flexibility index (Phi) is 6.34. The second-order valence-electron chi connectivity index (χ2n) is 6.95. The number of carbonyl (C=O) groups is 1. The highest BCUT2D eigenvalue weighted by molar-refractivity contribution is 7.99. The molecule has 31 heavy (non-hydrogen) atoms. The third kappa shape index (κ3) is 4.95. The van der Waals surface area contributed by atoms with Crippen molar-refractivity contribution in [3.8, 4) is 11.4 Å². The molecule has 8 heteroatoms. The van der Waals surface area contributed by atoms with Gasteiger partial charge in [-0.2, -0.15) is 5.10 Å². The van der Waals surface area contributed by atoms with Crippen LogP contribution in [-0.4, -0.2) is 32.1 Å². The Labute approximate surface area is 189 Å². The van der Waals surface area contributed by atoms with E-state index >= 15 is 0 Å². The second kappa shape index (κ2) is 9.32. The molecule has 0 spiro atoms. The number of thioether (sulfide) groups is 1. The van der Waals surface area contributed by atoms with Crippen LogP contribution in [0, 0.1) is 0 Å². The number of halogens is 1. The van der Waals surface area contributed by atoms with Crippen molar-refractivity contribution in [2.24, 2.45) is 12.1 Å². The third-order valence-corrected chi connectivity index (χ3v) is 6.06. The van der Waals surface area contributed by atoms with Gasteiger partial charge >= 0.3 is 0 Å². The van der Waals surface area contributed by atoms with Crippen LogP contribution < -0.4 is 5.43 Å². The van der Waals surface area contributed by atoms with E-state index in [2.05, 4.69) is 38.9 Å². The quantitative estimate of drug-likeness (QED) is 0.257. The summed E-state index contributed by atoms with van der Waals surface area (Å²) >= 11 is 7.25. The van der Waals surface area contributed by atoms with E-state index in [0.29, 0.717) is 16.0 Å². The molecule has 0 atom stereocenters. The zero-order valence-corrected chi connectivity index (χ0v) is 18.6. The van der Waals surface area contributed by atoms with Gasteiger partial charge in [0.25, 0.3) is 5.91 Å². The van der Waals surface area contributed by atoms with Gasteiger partial charge in [0.15, 0.2) is 11.0 Å².